The second kappa shape index (κ2) is 10.8. The minimum Gasteiger partial charge on any atom is -0.485 e. The van der Waals surface area contributed by atoms with Crippen molar-refractivity contribution < 1.29 is 44.2 Å². The molecule has 15 heteroatoms. The summed E-state index contributed by atoms with van der Waals surface area (Å²) >= 11 is 11.7. The molecular formula is C25H20Cl2F6N2O4S. The fraction of sp³-hybridized carbons (Fsp3) is 0.280. The molecule has 0 spiro atoms. The van der Waals surface area contributed by atoms with Crippen molar-refractivity contribution in [2.24, 2.45) is 0 Å². The summed E-state index contributed by atoms with van der Waals surface area (Å²) in [5.41, 5.74) is -3.66. The van der Waals surface area contributed by atoms with Gasteiger partial charge in [0.15, 0.2) is 0 Å². The zero-order valence-corrected chi connectivity index (χ0v) is 22.7. The average Bonchev–Trinajstić information content (AvgIpc) is 3.25. The third kappa shape index (κ3) is 6.88. The lowest BCUT2D eigenvalue weighted by Crippen LogP contribution is -2.35. The van der Waals surface area contributed by atoms with E-state index >= 15 is 0 Å². The summed E-state index contributed by atoms with van der Waals surface area (Å²) in [6.07, 6.45) is -9.29. The first-order chi connectivity index (χ1) is 18.5. The molecule has 4 rings (SSSR count). The molecule has 40 heavy (non-hydrogen) atoms. The normalized spacial score (nSPS) is 18.0. The molecule has 2 N–H and O–H groups in total. The molecule has 3 aromatic rings. The molecule has 1 saturated heterocycles. The molecule has 6 nitrogen and oxygen atoms in total. The van der Waals surface area contributed by atoms with E-state index in [0.29, 0.717) is 37.2 Å². The summed E-state index contributed by atoms with van der Waals surface area (Å²) in [6.45, 7) is 2.40. The lowest BCUT2D eigenvalue weighted by atomic mass is 10.1. The van der Waals surface area contributed by atoms with Crippen LogP contribution in [0.15, 0.2) is 59.5 Å². The Kier molecular flexibility index (Phi) is 8.16. The van der Waals surface area contributed by atoms with E-state index in [1.807, 2.05) is 0 Å². The predicted octanol–water partition coefficient (Wildman–Crippen LogP) is 7.75. The number of nitrogens with one attached hydrogen (secondary N) is 2. The van der Waals surface area contributed by atoms with Gasteiger partial charge in [-0.25, -0.2) is 8.42 Å². The van der Waals surface area contributed by atoms with Crippen LogP contribution in [-0.4, -0.2) is 27.1 Å². The van der Waals surface area contributed by atoms with Crippen LogP contribution in [0, 0.1) is 0 Å². The number of anilines is 1. The summed E-state index contributed by atoms with van der Waals surface area (Å²) in [7, 11) is -4.61. The quantitative estimate of drug-likeness (QED) is 0.262. The van der Waals surface area contributed by atoms with Gasteiger partial charge in [-0.2, -0.15) is 26.3 Å². The van der Waals surface area contributed by atoms with Crippen LogP contribution in [0.5, 0.6) is 17.2 Å². The molecule has 1 atom stereocenters. The lowest BCUT2D eigenvalue weighted by molar-refractivity contribution is -0.140. The number of hydrogen-bond donors (Lipinski definition) is 2. The maximum atomic E-state index is 13.6. The van der Waals surface area contributed by atoms with Gasteiger partial charge in [-0.1, -0.05) is 23.2 Å². The molecule has 0 unspecified atom stereocenters. The highest BCUT2D eigenvalue weighted by atomic mass is 35.5. The van der Waals surface area contributed by atoms with E-state index < -0.39 is 55.5 Å². The van der Waals surface area contributed by atoms with Gasteiger partial charge in [-0.3, -0.25) is 4.72 Å². The zero-order valence-electron chi connectivity index (χ0n) is 20.4. The van der Waals surface area contributed by atoms with Crippen LogP contribution >= 0.6 is 23.2 Å². The number of rotatable bonds is 7. The van der Waals surface area contributed by atoms with Gasteiger partial charge in [0, 0.05) is 31.2 Å². The van der Waals surface area contributed by atoms with Crippen LogP contribution in [-0.2, 0) is 22.4 Å². The number of hydrogen-bond acceptors (Lipinski definition) is 5. The Hall–Kier alpha value is -2.87. The Morgan fingerprint density at radius 2 is 1.52 bits per heavy atom. The summed E-state index contributed by atoms with van der Waals surface area (Å²) < 4.78 is 121. The van der Waals surface area contributed by atoms with Gasteiger partial charge in [0.1, 0.15) is 22.8 Å². The van der Waals surface area contributed by atoms with Gasteiger partial charge in [-0.15, -0.1) is 0 Å². The third-order valence-electron chi connectivity index (χ3n) is 5.91. The minimum absolute atomic E-state index is 0.0132. The van der Waals surface area contributed by atoms with E-state index in [9.17, 15) is 34.8 Å². The molecule has 0 saturated carbocycles. The molecule has 0 radical (unpaired) electrons. The number of sulfonamides is 1. The second-order valence-electron chi connectivity index (χ2n) is 9.13. The van der Waals surface area contributed by atoms with Gasteiger partial charge in [0.25, 0.3) is 10.0 Å². The SMILES string of the molecule is C[C@@]1(Oc2cc(NS(=O)(=O)c3ccc(C(F)(F)F)c(Oc4ccc(Cl)c(Cl)c4)c3)ccc2C(F)(F)F)CCNC1. The summed E-state index contributed by atoms with van der Waals surface area (Å²) in [5, 5.41) is 3.09. The first-order valence-electron chi connectivity index (χ1n) is 11.4. The Morgan fingerprint density at radius 3 is 2.12 bits per heavy atom. The Balaban J connectivity index is 1.69. The highest BCUT2D eigenvalue weighted by Gasteiger charge is 2.39. The number of ether oxygens (including phenoxy) is 2. The highest BCUT2D eigenvalue weighted by molar-refractivity contribution is 7.92. The van der Waals surface area contributed by atoms with Crippen LogP contribution in [0.4, 0.5) is 32.0 Å². The van der Waals surface area contributed by atoms with E-state index in [-0.39, 0.29) is 28.0 Å². The van der Waals surface area contributed by atoms with Crippen LogP contribution in [0.3, 0.4) is 0 Å². The first kappa shape index (κ1) is 30.1. The molecule has 3 aromatic carbocycles. The van der Waals surface area contributed by atoms with Crippen molar-refractivity contribution in [1.29, 1.82) is 0 Å². The molecule has 1 aliphatic heterocycles. The maximum absolute atomic E-state index is 13.6. The van der Waals surface area contributed by atoms with E-state index in [1.165, 1.54) is 12.1 Å². The first-order valence-corrected chi connectivity index (χ1v) is 13.7. The van der Waals surface area contributed by atoms with Crippen LogP contribution in [0.25, 0.3) is 0 Å². The minimum atomic E-state index is -4.91. The van der Waals surface area contributed by atoms with Crippen LogP contribution < -0.4 is 19.5 Å². The molecule has 1 fully saturated rings. The lowest BCUT2D eigenvalue weighted by Gasteiger charge is -2.27. The smallest absolute Gasteiger partial charge is 0.419 e. The van der Waals surface area contributed by atoms with Crippen LogP contribution in [0.1, 0.15) is 24.5 Å². The second-order valence-corrected chi connectivity index (χ2v) is 11.6. The summed E-state index contributed by atoms with van der Waals surface area (Å²) in [5.74, 6) is -1.61. The van der Waals surface area contributed by atoms with Gasteiger partial charge >= 0.3 is 12.4 Å². The van der Waals surface area contributed by atoms with Crippen molar-refractivity contribution in [2.45, 2.75) is 36.2 Å². The molecule has 0 aliphatic carbocycles. The maximum Gasteiger partial charge on any atom is 0.419 e. The Morgan fingerprint density at radius 1 is 0.875 bits per heavy atom. The van der Waals surface area contributed by atoms with Crippen molar-refractivity contribution in [3.8, 4) is 17.2 Å². The van der Waals surface area contributed by atoms with Crippen molar-refractivity contribution in [3.63, 3.8) is 0 Å². The molecule has 0 amide bonds. The Labute approximate surface area is 235 Å². The van der Waals surface area contributed by atoms with Gasteiger partial charge < -0.3 is 14.8 Å². The zero-order chi connectivity index (χ0) is 29.5. The summed E-state index contributed by atoms with van der Waals surface area (Å²) in [4.78, 5) is -0.648. The molecule has 1 aliphatic rings. The van der Waals surface area contributed by atoms with E-state index in [4.69, 9.17) is 32.7 Å². The van der Waals surface area contributed by atoms with E-state index in [0.717, 1.165) is 18.2 Å². The third-order valence-corrected chi connectivity index (χ3v) is 8.03. The van der Waals surface area contributed by atoms with Crippen molar-refractivity contribution in [1.82, 2.24) is 5.32 Å². The fourth-order valence-electron chi connectivity index (χ4n) is 3.92. The van der Waals surface area contributed by atoms with Gasteiger partial charge in [-0.05, 0) is 49.9 Å². The van der Waals surface area contributed by atoms with Crippen LogP contribution in [0.2, 0.25) is 10.0 Å². The molecular weight excluding hydrogens is 609 g/mol. The van der Waals surface area contributed by atoms with Gasteiger partial charge in [0.2, 0.25) is 0 Å². The van der Waals surface area contributed by atoms with E-state index in [1.54, 1.807) is 6.92 Å². The molecule has 216 valence electrons. The Bertz CT molecular complexity index is 1520. The average molecular weight is 629 g/mol. The van der Waals surface area contributed by atoms with Crippen molar-refractivity contribution >= 4 is 38.9 Å². The topological polar surface area (TPSA) is 76.7 Å². The standard InChI is InChI=1S/C25H20Cl2F6N2O4S/c1-23(8-9-34-13-23)39-22-10-14(2-5-18(22)25(31,32)33)35-40(36,37)16-4-6-17(24(28,29)30)21(12-16)38-15-3-7-19(26)20(27)11-15/h2-7,10-12,34-35H,8-9,13H2,1H3/t23-/m1/s1. The fourth-order valence-corrected chi connectivity index (χ4v) is 5.27. The van der Waals surface area contributed by atoms with Gasteiger partial charge in [0.05, 0.1) is 31.8 Å². The molecule has 1 heterocycles. The highest BCUT2D eigenvalue weighted by Crippen LogP contribution is 2.42. The number of benzene rings is 3. The largest absolute Gasteiger partial charge is 0.485 e. The number of alkyl halides is 6. The monoisotopic (exact) mass is 628 g/mol. The van der Waals surface area contributed by atoms with E-state index in [2.05, 4.69) is 10.0 Å². The van der Waals surface area contributed by atoms with Crippen molar-refractivity contribution in [2.75, 3.05) is 17.8 Å². The summed E-state index contributed by atoms with van der Waals surface area (Å²) in [6, 6.07) is 7.91. The predicted molar refractivity (Wildman–Crippen MR) is 137 cm³/mol. The molecule has 0 bridgehead atoms. The van der Waals surface area contributed by atoms with Crippen molar-refractivity contribution in [3.05, 3.63) is 75.8 Å². The molecule has 0 aromatic heterocycles. The number of halogens is 8.